The number of anilines is 1. The van der Waals surface area contributed by atoms with Gasteiger partial charge in [0, 0.05) is 24.4 Å². The van der Waals surface area contributed by atoms with Crippen molar-refractivity contribution >= 4 is 70.0 Å². The van der Waals surface area contributed by atoms with Crippen LogP contribution in [0.4, 0.5) is 5.69 Å². The predicted molar refractivity (Wildman–Crippen MR) is 238 cm³/mol. The third-order valence-corrected chi connectivity index (χ3v) is 21.6. The first-order valence-corrected chi connectivity index (χ1v) is 26.1. The smallest absolute Gasteiger partial charge is 0.267 e. The van der Waals surface area contributed by atoms with E-state index in [0.717, 1.165) is 33.8 Å². The van der Waals surface area contributed by atoms with E-state index in [2.05, 4.69) is 53.7 Å². The third kappa shape index (κ3) is 8.28. The number of amides is 2. The monoisotopic (exact) mass is 801 g/mol. The molecule has 0 saturated carbocycles. The maximum absolute atomic E-state index is 14.4. The Morgan fingerprint density at radius 1 is 0.648 bits per heavy atom. The number of carbonyl (C=O) groups is 2. The van der Waals surface area contributed by atoms with Gasteiger partial charge in [0.2, 0.25) is 0 Å². The number of ether oxygens (including phenoxy) is 1. The minimum absolute atomic E-state index is 0.198. The van der Waals surface area contributed by atoms with E-state index in [1.807, 2.05) is 53.9 Å². The summed E-state index contributed by atoms with van der Waals surface area (Å²) in [6, 6.07) is 15.3. The van der Waals surface area contributed by atoms with E-state index in [1.165, 1.54) is 120 Å². The van der Waals surface area contributed by atoms with Crippen molar-refractivity contribution in [3.05, 3.63) is 57.3 Å². The van der Waals surface area contributed by atoms with Crippen molar-refractivity contribution in [3.63, 3.8) is 0 Å². The number of fused-ring (bicyclic) bond motifs is 4. The number of hydrogen-bond acceptors (Lipinski definition) is 6. The molecule has 292 valence electrons. The highest BCUT2D eigenvalue weighted by Crippen LogP contribution is 2.50. The van der Waals surface area contributed by atoms with E-state index in [0.29, 0.717) is 23.4 Å². The molecule has 0 saturated heterocycles. The molecule has 0 fully saturated rings. The molecule has 2 aliphatic rings. The molecule has 54 heavy (non-hydrogen) atoms. The highest BCUT2D eigenvalue weighted by atomic mass is 32.1. The number of aryl methyl sites for hydroxylation is 2. The number of thiophene rings is 3. The highest BCUT2D eigenvalue weighted by molar-refractivity contribution is 7.32. The Morgan fingerprint density at radius 2 is 1.22 bits per heavy atom. The van der Waals surface area contributed by atoms with Crippen LogP contribution in [0.2, 0.25) is 12.1 Å². The van der Waals surface area contributed by atoms with E-state index < -0.39 is 8.07 Å². The first kappa shape index (κ1) is 41.1. The molecule has 2 amide bonds. The van der Waals surface area contributed by atoms with Gasteiger partial charge in [0.05, 0.1) is 28.3 Å². The largest absolute Gasteiger partial charge is 0.494 e. The van der Waals surface area contributed by atoms with Crippen molar-refractivity contribution in [1.82, 2.24) is 0 Å². The van der Waals surface area contributed by atoms with Gasteiger partial charge in [0.15, 0.2) is 0 Å². The number of unbranched alkanes of at least 4 members (excludes halogenated alkanes) is 7. The Bertz CT molecular complexity index is 1870. The second kappa shape index (κ2) is 18.6. The minimum Gasteiger partial charge on any atom is -0.494 e. The SMILES string of the molecule is CCCCCCCCOc1ccc(N2C(=O)c3c(C)sc(-c4cc5c(s4)-c4sc(C)cc4[Si]5(CC(CC)CCCC)CC(CC)CCCC)c3C2=O)cc1. The van der Waals surface area contributed by atoms with Gasteiger partial charge in [-0.05, 0) is 91.0 Å². The van der Waals surface area contributed by atoms with Crippen LogP contribution in [0.5, 0.6) is 5.75 Å². The van der Waals surface area contributed by atoms with Crippen LogP contribution in [0.15, 0.2) is 36.4 Å². The predicted octanol–water partition coefficient (Wildman–Crippen LogP) is 13.7. The average molecular weight is 802 g/mol. The molecular formula is C46H63NO3S3Si. The first-order valence-electron chi connectivity index (χ1n) is 21.2. The Hall–Kier alpha value is -2.52. The zero-order valence-electron chi connectivity index (χ0n) is 34.0. The summed E-state index contributed by atoms with van der Waals surface area (Å²) in [7, 11) is -2.12. The lowest BCUT2D eigenvalue weighted by Crippen LogP contribution is -2.56. The quantitative estimate of drug-likeness (QED) is 0.0452. The first-order chi connectivity index (χ1) is 26.2. The molecule has 8 heteroatoms. The Morgan fingerprint density at radius 3 is 1.85 bits per heavy atom. The molecule has 5 heterocycles. The van der Waals surface area contributed by atoms with Crippen LogP contribution in [0.25, 0.3) is 19.5 Å². The van der Waals surface area contributed by atoms with E-state index >= 15 is 0 Å². The van der Waals surface area contributed by atoms with Gasteiger partial charge < -0.3 is 4.74 Å². The van der Waals surface area contributed by atoms with E-state index in [4.69, 9.17) is 4.74 Å². The Labute approximate surface area is 338 Å². The Balaban J connectivity index is 1.32. The highest BCUT2D eigenvalue weighted by Gasteiger charge is 2.50. The second-order valence-corrected chi connectivity index (χ2v) is 23.7. The molecule has 4 aromatic rings. The average Bonchev–Trinajstić information content (AvgIpc) is 3.96. The fraction of sp³-hybridized carbons (Fsp3) is 0.565. The molecule has 0 radical (unpaired) electrons. The number of imide groups is 1. The fourth-order valence-electron chi connectivity index (χ4n) is 9.10. The van der Waals surface area contributed by atoms with Gasteiger partial charge in [-0.25, -0.2) is 4.90 Å². The molecule has 2 aliphatic heterocycles. The van der Waals surface area contributed by atoms with Gasteiger partial charge in [0.25, 0.3) is 11.8 Å². The van der Waals surface area contributed by atoms with Crippen LogP contribution in [-0.2, 0) is 0 Å². The molecule has 3 aromatic heterocycles. The summed E-state index contributed by atoms with van der Waals surface area (Å²) in [4.78, 5) is 37.3. The number of nitrogens with zero attached hydrogens (tertiary/aromatic N) is 1. The zero-order valence-corrected chi connectivity index (χ0v) is 37.5. The van der Waals surface area contributed by atoms with E-state index in [1.54, 1.807) is 21.7 Å². The van der Waals surface area contributed by atoms with Gasteiger partial charge >= 0.3 is 0 Å². The van der Waals surface area contributed by atoms with E-state index in [-0.39, 0.29) is 11.8 Å². The Kier molecular flexibility index (Phi) is 14.2. The lowest BCUT2D eigenvalue weighted by atomic mass is 10.0. The van der Waals surface area contributed by atoms with Crippen LogP contribution in [0.3, 0.4) is 0 Å². The summed E-state index contributed by atoms with van der Waals surface area (Å²) in [5.41, 5.74) is 1.80. The summed E-state index contributed by atoms with van der Waals surface area (Å²) in [6.45, 7) is 16.7. The van der Waals surface area contributed by atoms with Crippen LogP contribution in [0.1, 0.15) is 155 Å². The minimum atomic E-state index is -2.12. The molecule has 0 spiro atoms. The zero-order chi connectivity index (χ0) is 38.4. The molecule has 0 N–H and O–H groups in total. The van der Waals surface area contributed by atoms with Gasteiger partial charge in [-0.2, -0.15) is 0 Å². The molecule has 2 unspecified atom stereocenters. The van der Waals surface area contributed by atoms with Gasteiger partial charge in [-0.1, -0.05) is 118 Å². The molecule has 1 aromatic carbocycles. The van der Waals surface area contributed by atoms with Crippen LogP contribution >= 0.6 is 34.0 Å². The van der Waals surface area contributed by atoms with Crippen molar-refractivity contribution in [2.24, 2.45) is 11.8 Å². The van der Waals surface area contributed by atoms with Crippen LogP contribution in [-0.4, -0.2) is 26.5 Å². The fourth-order valence-corrected chi connectivity index (χ4v) is 20.7. The lowest BCUT2D eigenvalue weighted by Gasteiger charge is -2.35. The van der Waals surface area contributed by atoms with Crippen LogP contribution in [0, 0.1) is 25.7 Å². The number of hydrogen-bond donors (Lipinski definition) is 0. The van der Waals surface area contributed by atoms with Crippen LogP contribution < -0.4 is 20.0 Å². The normalized spacial score (nSPS) is 17.3. The standard InChI is InChI=1S/C46H63NO3S3Si/c1-8-13-16-17-18-19-26-50-36-24-22-35(23-25-36)47-45(48)40-32(7)52-42(41(40)46(47)49)37-28-39-44(53-37)43-38(27-31(6)51-43)54(39,29-33(11-4)20-14-9-2)30-34(12-5)21-15-10-3/h22-25,27-28,33-34H,8-21,26,29-30H2,1-7H3. The summed E-state index contributed by atoms with van der Waals surface area (Å²) in [5.74, 6) is 1.84. The summed E-state index contributed by atoms with van der Waals surface area (Å²) < 4.78 is 6.02. The second-order valence-electron chi connectivity index (χ2n) is 16.1. The number of benzene rings is 1. The van der Waals surface area contributed by atoms with Gasteiger partial charge in [-0.15, -0.1) is 34.0 Å². The van der Waals surface area contributed by atoms with Crippen molar-refractivity contribution in [3.8, 4) is 25.3 Å². The van der Waals surface area contributed by atoms with Crippen molar-refractivity contribution in [2.75, 3.05) is 11.5 Å². The number of rotatable bonds is 22. The van der Waals surface area contributed by atoms with Gasteiger partial charge in [0.1, 0.15) is 13.8 Å². The van der Waals surface area contributed by atoms with Crippen molar-refractivity contribution < 1.29 is 14.3 Å². The maximum Gasteiger partial charge on any atom is 0.267 e. The topological polar surface area (TPSA) is 46.6 Å². The van der Waals surface area contributed by atoms with Gasteiger partial charge in [-0.3, -0.25) is 9.59 Å². The number of carbonyl (C=O) groups excluding carboxylic acids is 2. The maximum atomic E-state index is 14.4. The van der Waals surface area contributed by atoms with Crippen molar-refractivity contribution in [1.29, 1.82) is 0 Å². The van der Waals surface area contributed by atoms with Crippen molar-refractivity contribution in [2.45, 2.75) is 150 Å². The van der Waals surface area contributed by atoms with E-state index in [9.17, 15) is 9.59 Å². The lowest BCUT2D eigenvalue weighted by molar-refractivity contribution is 0.0926. The molecule has 2 atom stereocenters. The summed E-state index contributed by atoms with van der Waals surface area (Å²) in [6.07, 6.45) is 17.5. The summed E-state index contributed by atoms with van der Waals surface area (Å²) in [5, 5.41) is 3.32. The molecule has 6 rings (SSSR count). The summed E-state index contributed by atoms with van der Waals surface area (Å²) >= 11 is 5.51. The molecule has 0 aliphatic carbocycles. The third-order valence-electron chi connectivity index (χ3n) is 12.2. The molecule has 0 bridgehead atoms. The molecular weight excluding hydrogens is 739 g/mol. The molecule has 4 nitrogen and oxygen atoms in total.